The predicted octanol–water partition coefficient (Wildman–Crippen LogP) is 0.0625. The molecule has 1 aliphatic rings. The van der Waals surface area contributed by atoms with E-state index in [0.717, 1.165) is 6.54 Å². The summed E-state index contributed by atoms with van der Waals surface area (Å²) >= 11 is 0. The number of ketones is 1. The zero-order chi connectivity index (χ0) is 5.11. The average Bonchev–Trinajstić information content (AvgIpc) is 1.69. The average molecular weight is 97.1 g/mol. The molecule has 0 aromatic carbocycles. The second-order valence-corrected chi connectivity index (χ2v) is 1.50. The van der Waals surface area contributed by atoms with E-state index < -0.39 is 0 Å². The van der Waals surface area contributed by atoms with Crippen LogP contribution < -0.4 is 5.32 Å². The minimum Gasteiger partial charge on any atom is -0.390 e. The van der Waals surface area contributed by atoms with E-state index in [0.29, 0.717) is 6.42 Å². The number of nitrogens with one attached hydrogen (secondary N) is 1. The molecule has 0 bridgehead atoms. The van der Waals surface area contributed by atoms with Crippen molar-refractivity contribution in [1.82, 2.24) is 5.32 Å². The summed E-state index contributed by atoms with van der Waals surface area (Å²) in [5, 5.41) is 2.91. The summed E-state index contributed by atoms with van der Waals surface area (Å²) in [6.45, 7) is 0.801. The van der Waals surface area contributed by atoms with Crippen LogP contribution in [0.1, 0.15) is 6.42 Å². The van der Waals surface area contributed by atoms with Crippen LogP contribution >= 0.6 is 0 Å². The van der Waals surface area contributed by atoms with Crippen LogP contribution in [0.2, 0.25) is 0 Å². The highest BCUT2D eigenvalue weighted by atomic mass is 16.1. The normalized spacial score (nSPS) is 19.1. The van der Waals surface area contributed by atoms with E-state index in [4.69, 9.17) is 0 Å². The zero-order valence-corrected chi connectivity index (χ0v) is 3.98. The van der Waals surface area contributed by atoms with Gasteiger partial charge >= 0.3 is 0 Å². The van der Waals surface area contributed by atoms with Crippen LogP contribution in [0.25, 0.3) is 0 Å². The molecular weight excluding hydrogens is 90.1 g/mol. The van der Waals surface area contributed by atoms with Gasteiger partial charge in [0.2, 0.25) is 0 Å². The van der Waals surface area contributed by atoms with Crippen molar-refractivity contribution in [2.75, 3.05) is 6.54 Å². The van der Waals surface area contributed by atoms with Crippen molar-refractivity contribution in [3.05, 3.63) is 12.3 Å². The molecule has 0 radical (unpaired) electrons. The Labute approximate surface area is 42.2 Å². The Hall–Kier alpha value is -0.790. The molecule has 0 aromatic heterocycles. The molecule has 2 nitrogen and oxygen atoms in total. The summed E-state index contributed by atoms with van der Waals surface area (Å²) in [7, 11) is 0. The minimum absolute atomic E-state index is 0.221. The van der Waals surface area contributed by atoms with Crippen molar-refractivity contribution < 1.29 is 4.79 Å². The van der Waals surface area contributed by atoms with Crippen molar-refractivity contribution in [1.29, 1.82) is 0 Å². The lowest BCUT2D eigenvalue weighted by Gasteiger charge is -2.01. The molecule has 0 aromatic rings. The molecule has 0 unspecified atom stereocenters. The standard InChI is InChI=1S/C5H7NO/c7-5-1-3-6-4-2-5/h1,3,6H,2,4H2. The highest BCUT2D eigenvalue weighted by molar-refractivity contribution is 5.90. The minimum atomic E-state index is 0.221. The summed E-state index contributed by atoms with van der Waals surface area (Å²) < 4.78 is 0. The lowest BCUT2D eigenvalue weighted by Crippen LogP contribution is -2.16. The van der Waals surface area contributed by atoms with Crippen molar-refractivity contribution in [2.45, 2.75) is 6.42 Å². The van der Waals surface area contributed by atoms with Crippen LogP contribution in [-0.4, -0.2) is 12.3 Å². The maximum atomic E-state index is 10.3. The highest BCUT2D eigenvalue weighted by Crippen LogP contribution is 1.87. The largest absolute Gasteiger partial charge is 0.390 e. The molecule has 1 rings (SSSR count). The summed E-state index contributed by atoms with van der Waals surface area (Å²) in [6, 6.07) is 0. The number of hydrogen-bond acceptors (Lipinski definition) is 2. The first kappa shape index (κ1) is 4.37. The molecular formula is C5H7NO. The van der Waals surface area contributed by atoms with Gasteiger partial charge in [-0.05, 0) is 12.3 Å². The first-order chi connectivity index (χ1) is 3.39. The Bertz CT molecular complexity index is 107. The smallest absolute Gasteiger partial charge is 0.158 e. The maximum Gasteiger partial charge on any atom is 0.158 e. The quantitative estimate of drug-likeness (QED) is 0.463. The molecule has 0 atom stereocenters. The molecule has 7 heavy (non-hydrogen) atoms. The van der Waals surface area contributed by atoms with Gasteiger partial charge in [-0.25, -0.2) is 0 Å². The zero-order valence-electron chi connectivity index (χ0n) is 3.98. The summed E-state index contributed by atoms with van der Waals surface area (Å²) in [5.41, 5.74) is 0. The molecule has 0 spiro atoms. The summed E-state index contributed by atoms with van der Waals surface area (Å²) in [4.78, 5) is 10.3. The SMILES string of the molecule is O=C1C=CNCC1. The van der Waals surface area contributed by atoms with Gasteiger partial charge in [0.1, 0.15) is 0 Å². The van der Waals surface area contributed by atoms with Crippen molar-refractivity contribution in [3.8, 4) is 0 Å². The Kier molecular flexibility index (Phi) is 1.11. The van der Waals surface area contributed by atoms with E-state index in [-0.39, 0.29) is 5.78 Å². The fraction of sp³-hybridized carbons (Fsp3) is 0.400. The molecule has 0 aliphatic carbocycles. The van der Waals surface area contributed by atoms with E-state index in [1.165, 1.54) is 0 Å². The first-order valence-corrected chi connectivity index (χ1v) is 2.32. The molecule has 1 heterocycles. The molecule has 2 heteroatoms. The van der Waals surface area contributed by atoms with Crippen molar-refractivity contribution >= 4 is 5.78 Å². The van der Waals surface area contributed by atoms with Crippen LogP contribution in [0, 0.1) is 0 Å². The third-order valence-electron chi connectivity index (χ3n) is 0.903. The van der Waals surface area contributed by atoms with Crippen molar-refractivity contribution in [2.24, 2.45) is 0 Å². The highest BCUT2D eigenvalue weighted by Gasteiger charge is 1.97. The molecule has 0 amide bonds. The molecule has 38 valence electrons. The van der Waals surface area contributed by atoms with E-state index in [1.807, 2.05) is 0 Å². The lowest BCUT2D eigenvalue weighted by atomic mass is 10.2. The third-order valence-corrected chi connectivity index (χ3v) is 0.903. The van der Waals surface area contributed by atoms with Crippen LogP contribution in [0.15, 0.2) is 12.3 Å². The number of hydrogen-bond donors (Lipinski definition) is 1. The topological polar surface area (TPSA) is 29.1 Å². The van der Waals surface area contributed by atoms with Crippen LogP contribution in [0.3, 0.4) is 0 Å². The van der Waals surface area contributed by atoms with E-state index in [1.54, 1.807) is 12.3 Å². The summed E-state index contributed by atoms with van der Waals surface area (Å²) in [6.07, 6.45) is 3.89. The van der Waals surface area contributed by atoms with E-state index >= 15 is 0 Å². The fourth-order valence-corrected chi connectivity index (χ4v) is 0.514. The molecule has 1 aliphatic heterocycles. The van der Waals surface area contributed by atoms with E-state index in [2.05, 4.69) is 5.32 Å². The van der Waals surface area contributed by atoms with Gasteiger partial charge in [-0.3, -0.25) is 4.79 Å². The Balaban J connectivity index is 2.51. The Morgan fingerprint density at radius 1 is 1.71 bits per heavy atom. The van der Waals surface area contributed by atoms with Crippen molar-refractivity contribution in [3.63, 3.8) is 0 Å². The van der Waals surface area contributed by atoms with Gasteiger partial charge in [0.05, 0.1) is 0 Å². The van der Waals surface area contributed by atoms with Gasteiger partial charge < -0.3 is 5.32 Å². The molecule has 0 saturated heterocycles. The summed E-state index contributed by atoms with van der Waals surface area (Å²) in [5.74, 6) is 0.221. The van der Waals surface area contributed by atoms with Gasteiger partial charge in [-0.1, -0.05) is 0 Å². The van der Waals surface area contributed by atoms with Gasteiger partial charge in [-0.15, -0.1) is 0 Å². The number of carbonyl (C=O) groups excluding carboxylic acids is 1. The fourth-order valence-electron chi connectivity index (χ4n) is 0.514. The lowest BCUT2D eigenvalue weighted by molar-refractivity contribution is -0.114. The molecule has 1 N–H and O–H groups in total. The Morgan fingerprint density at radius 2 is 2.57 bits per heavy atom. The van der Waals surface area contributed by atoms with Gasteiger partial charge in [0, 0.05) is 13.0 Å². The van der Waals surface area contributed by atoms with E-state index in [9.17, 15) is 4.79 Å². The monoisotopic (exact) mass is 97.1 g/mol. The molecule has 0 saturated carbocycles. The first-order valence-electron chi connectivity index (χ1n) is 2.32. The van der Waals surface area contributed by atoms with Gasteiger partial charge in [0.15, 0.2) is 5.78 Å². The van der Waals surface area contributed by atoms with Crippen LogP contribution in [-0.2, 0) is 4.79 Å². The number of rotatable bonds is 0. The molecule has 0 fully saturated rings. The Morgan fingerprint density at radius 3 is 2.86 bits per heavy atom. The second-order valence-electron chi connectivity index (χ2n) is 1.50. The van der Waals surface area contributed by atoms with Gasteiger partial charge in [0.25, 0.3) is 0 Å². The van der Waals surface area contributed by atoms with Crippen LogP contribution in [0.5, 0.6) is 0 Å². The number of allylic oxidation sites excluding steroid dienone is 1. The van der Waals surface area contributed by atoms with Gasteiger partial charge in [-0.2, -0.15) is 0 Å². The predicted molar refractivity (Wildman–Crippen MR) is 26.8 cm³/mol. The third kappa shape index (κ3) is 1.03. The maximum absolute atomic E-state index is 10.3. The van der Waals surface area contributed by atoms with Crippen LogP contribution in [0.4, 0.5) is 0 Å². The second kappa shape index (κ2) is 1.78. The number of carbonyl (C=O) groups is 1.